The maximum atomic E-state index is 12.2. The zero-order chi connectivity index (χ0) is 18.6. The molecule has 1 N–H and O–H groups in total. The van der Waals surface area contributed by atoms with Crippen LogP contribution in [0.3, 0.4) is 0 Å². The van der Waals surface area contributed by atoms with Crippen molar-refractivity contribution < 1.29 is 14.3 Å². The minimum Gasteiger partial charge on any atom is -0.497 e. The third kappa shape index (κ3) is 5.00. The van der Waals surface area contributed by atoms with Crippen molar-refractivity contribution in [3.05, 3.63) is 51.8 Å². The molecule has 1 amide bonds. The van der Waals surface area contributed by atoms with Crippen LogP contribution in [0.4, 0.5) is 4.79 Å². The quantitative estimate of drug-likeness (QED) is 0.757. The van der Waals surface area contributed by atoms with E-state index in [-0.39, 0.29) is 21.3 Å². The van der Waals surface area contributed by atoms with Crippen molar-refractivity contribution in [2.75, 3.05) is 7.11 Å². The van der Waals surface area contributed by atoms with E-state index < -0.39 is 6.09 Å². The van der Waals surface area contributed by atoms with Gasteiger partial charge >= 0.3 is 6.09 Å². The van der Waals surface area contributed by atoms with Crippen molar-refractivity contribution in [2.24, 2.45) is 0 Å². The third-order valence-electron chi connectivity index (χ3n) is 3.48. The number of rotatable bonds is 4. The number of carbonyl (C=O) groups excluding carboxylic acids is 1. The van der Waals surface area contributed by atoms with Crippen LogP contribution in [0.2, 0.25) is 10.2 Å². The summed E-state index contributed by atoms with van der Waals surface area (Å²) in [6.45, 7) is 6.13. The lowest BCUT2D eigenvalue weighted by Gasteiger charge is -2.23. The summed E-state index contributed by atoms with van der Waals surface area (Å²) >= 11 is 12.3. The number of amides is 1. The van der Waals surface area contributed by atoms with Crippen LogP contribution in [0.5, 0.6) is 11.5 Å². The van der Waals surface area contributed by atoms with E-state index in [0.29, 0.717) is 12.1 Å². The van der Waals surface area contributed by atoms with Gasteiger partial charge in [0.2, 0.25) is 0 Å². The first-order valence-electron chi connectivity index (χ1n) is 7.65. The molecular formula is C18H20Cl2N2O3. The Hall–Kier alpha value is -1.98. The van der Waals surface area contributed by atoms with E-state index in [1.807, 2.05) is 45.0 Å². The number of nitrogens with one attached hydrogen (secondary N) is 1. The fourth-order valence-electron chi connectivity index (χ4n) is 2.25. The Morgan fingerprint density at radius 1 is 1.20 bits per heavy atom. The third-order valence-corrected chi connectivity index (χ3v) is 4.04. The Morgan fingerprint density at radius 3 is 2.40 bits per heavy atom. The van der Waals surface area contributed by atoms with Gasteiger partial charge < -0.3 is 14.8 Å². The lowest BCUT2D eigenvalue weighted by atomic mass is 9.87. The zero-order valence-corrected chi connectivity index (χ0v) is 16.0. The molecule has 0 unspecified atom stereocenters. The zero-order valence-electron chi connectivity index (χ0n) is 14.5. The van der Waals surface area contributed by atoms with Crippen molar-refractivity contribution in [2.45, 2.75) is 32.7 Å². The molecule has 1 heterocycles. The summed E-state index contributed by atoms with van der Waals surface area (Å²) in [4.78, 5) is 16.2. The van der Waals surface area contributed by atoms with Crippen molar-refractivity contribution >= 4 is 29.3 Å². The first-order chi connectivity index (χ1) is 11.7. The molecule has 0 aliphatic carbocycles. The van der Waals surface area contributed by atoms with Crippen LogP contribution in [0.25, 0.3) is 0 Å². The van der Waals surface area contributed by atoms with Crippen LogP contribution in [0, 0.1) is 0 Å². The molecule has 1 aromatic heterocycles. The molecule has 2 rings (SSSR count). The monoisotopic (exact) mass is 382 g/mol. The second-order valence-corrected chi connectivity index (χ2v) is 7.21. The lowest BCUT2D eigenvalue weighted by molar-refractivity contribution is 0.199. The van der Waals surface area contributed by atoms with E-state index in [9.17, 15) is 4.79 Å². The highest BCUT2D eigenvalue weighted by molar-refractivity contribution is 6.34. The summed E-state index contributed by atoms with van der Waals surface area (Å²) in [6.07, 6.45) is 0.746. The predicted octanol–water partition coefficient (Wildman–Crippen LogP) is 4.98. The van der Waals surface area contributed by atoms with Gasteiger partial charge in [0, 0.05) is 12.1 Å². The van der Waals surface area contributed by atoms with Crippen molar-refractivity contribution in [3.8, 4) is 11.5 Å². The molecule has 0 saturated heterocycles. The summed E-state index contributed by atoms with van der Waals surface area (Å²) in [5.74, 6) is 0.973. The molecule has 0 saturated carbocycles. The minimum absolute atomic E-state index is 0.224. The molecule has 25 heavy (non-hydrogen) atoms. The summed E-state index contributed by atoms with van der Waals surface area (Å²) in [6, 6.07) is 7.35. The van der Waals surface area contributed by atoms with Gasteiger partial charge in [-0.05, 0) is 23.1 Å². The average molecular weight is 383 g/mol. The van der Waals surface area contributed by atoms with Crippen molar-refractivity contribution in [1.29, 1.82) is 0 Å². The maximum Gasteiger partial charge on any atom is 0.412 e. The highest BCUT2D eigenvalue weighted by Gasteiger charge is 2.27. The van der Waals surface area contributed by atoms with Gasteiger partial charge in [-0.3, -0.25) is 0 Å². The van der Waals surface area contributed by atoms with Gasteiger partial charge in [-0.2, -0.15) is 0 Å². The number of methoxy groups -OCH3 is 1. The van der Waals surface area contributed by atoms with Gasteiger partial charge in [0.05, 0.1) is 13.3 Å². The number of hydrogen-bond donors (Lipinski definition) is 1. The number of halogens is 2. The van der Waals surface area contributed by atoms with Gasteiger partial charge in [0.15, 0.2) is 5.75 Å². The van der Waals surface area contributed by atoms with E-state index in [0.717, 1.165) is 11.3 Å². The second-order valence-electron chi connectivity index (χ2n) is 6.44. The summed E-state index contributed by atoms with van der Waals surface area (Å²) in [7, 11) is 1.60. The molecule has 0 fully saturated rings. The lowest BCUT2D eigenvalue weighted by Crippen LogP contribution is -2.28. The van der Waals surface area contributed by atoms with Gasteiger partial charge in [0.25, 0.3) is 0 Å². The van der Waals surface area contributed by atoms with Crippen LogP contribution < -0.4 is 14.8 Å². The first kappa shape index (κ1) is 19.3. The Labute approximate surface area is 157 Å². The number of aromatic nitrogens is 1. The fraction of sp³-hybridized carbons (Fsp3) is 0.333. The molecule has 0 radical (unpaired) electrons. The Kier molecular flexibility index (Phi) is 6.14. The van der Waals surface area contributed by atoms with Crippen LogP contribution in [0.1, 0.15) is 31.9 Å². The standard InChI is InChI=1S/C18H20Cl2N2O3/c1-18(2,3)14-15(13(19)10-21-16(14)20)25-17(23)22-9-11-5-7-12(24-4)8-6-11/h5-8,10H,9H2,1-4H3,(H,22,23). The Morgan fingerprint density at radius 2 is 1.84 bits per heavy atom. The highest BCUT2D eigenvalue weighted by Crippen LogP contribution is 2.40. The van der Waals surface area contributed by atoms with E-state index >= 15 is 0 Å². The van der Waals surface area contributed by atoms with E-state index in [2.05, 4.69) is 10.3 Å². The molecule has 0 aliphatic heterocycles. The number of benzene rings is 1. The smallest absolute Gasteiger partial charge is 0.412 e. The fourth-order valence-corrected chi connectivity index (χ4v) is 2.85. The van der Waals surface area contributed by atoms with E-state index in [4.69, 9.17) is 32.7 Å². The summed E-state index contributed by atoms with van der Waals surface area (Å²) < 4.78 is 10.5. The van der Waals surface area contributed by atoms with Gasteiger partial charge in [-0.1, -0.05) is 56.1 Å². The normalized spacial score (nSPS) is 11.1. The second kappa shape index (κ2) is 7.93. The van der Waals surface area contributed by atoms with Crippen molar-refractivity contribution in [1.82, 2.24) is 10.3 Å². The Bertz CT molecular complexity index is 756. The molecule has 0 bridgehead atoms. The molecule has 2 aromatic rings. The summed E-state index contributed by atoms with van der Waals surface area (Å²) in [5.41, 5.74) is 1.11. The van der Waals surface area contributed by atoms with Crippen LogP contribution in [-0.4, -0.2) is 18.2 Å². The molecule has 0 spiro atoms. The van der Waals surface area contributed by atoms with Gasteiger partial charge in [-0.25, -0.2) is 9.78 Å². The SMILES string of the molecule is COc1ccc(CNC(=O)Oc2c(Cl)cnc(Cl)c2C(C)(C)C)cc1. The van der Waals surface area contributed by atoms with Gasteiger partial charge in [-0.15, -0.1) is 0 Å². The molecular weight excluding hydrogens is 363 g/mol. The van der Waals surface area contributed by atoms with E-state index in [1.54, 1.807) is 7.11 Å². The average Bonchev–Trinajstić information content (AvgIpc) is 2.55. The first-order valence-corrected chi connectivity index (χ1v) is 8.41. The van der Waals surface area contributed by atoms with Crippen molar-refractivity contribution in [3.63, 3.8) is 0 Å². The number of hydrogen-bond acceptors (Lipinski definition) is 4. The Balaban J connectivity index is 2.11. The van der Waals surface area contributed by atoms with E-state index in [1.165, 1.54) is 6.20 Å². The molecule has 1 aromatic carbocycles. The number of nitrogens with zero attached hydrogens (tertiary/aromatic N) is 1. The summed E-state index contributed by atoms with van der Waals surface area (Å²) in [5, 5.41) is 3.18. The molecule has 0 atom stereocenters. The molecule has 5 nitrogen and oxygen atoms in total. The largest absolute Gasteiger partial charge is 0.497 e. The van der Waals surface area contributed by atoms with Crippen LogP contribution >= 0.6 is 23.2 Å². The maximum absolute atomic E-state index is 12.2. The molecule has 0 aliphatic rings. The van der Waals surface area contributed by atoms with Gasteiger partial charge in [0.1, 0.15) is 15.9 Å². The number of pyridine rings is 1. The molecule has 134 valence electrons. The highest BCUT2D eigenvalue weighted by atomic mass is 35.5. The van der Waals surface area contributed by atoms with Crippen LogP contribution in [-0.2, 0) is 12.0 Å². The topological polar surface area (TPSA) is 60.5 Å². The minimum atomic E-state index is -0.620. The predicted molar refractivity (Wildman–Crippen MR) is 98.8 cm³/mol. The number of ether oxygens (including phenoxy) is 2. The molecule has 7 heteroatoms. The van der Waals surface area contributed by atoms with Crippen LogP contribution in [0.15, 0.2) is 30.5 Å². The number of carbonyl (C=O) groups is 1.